The summed E-state index contributed by atoms with van der Waals surface area (Å²) in [6.45, 7) is 10.3. The molecular formula is C12H20BFO3Si. The molecule has 6 heteroatoms. The number of benzene rings is 1. The molecule has 18 heavy (non-hydrogen) atoms. The third kappa shape index (κ3) is 3.34. The Morgan fingerprint density at radius 1 is 1.22 bits per heavy atom. The maximum atomic E-state index is 13.8. The molecule has 0 spiro atoms. The van der Waals surface area contributed by atoms with Crippen LogP contribution in [-0.4, -0.2) is 25.5 Å². The van der Waals surface area contributed by atoms with Crippen molar-refractivity contribution in [2.75, 3.05) is 0 Å². The van der Waals surface area contributed by atoms with Crippen molar-refractivity contribution in [3.05, 3.63) is 24.0 Å². The van der Waals surface area contributed by atoms with Crippen LogP contribution in [0.25, 0.3) is 0 Å². The van der Waals surface area contributed by atoms with Crippen molar-refractivity contribution in [2.24, 2.45) is 0 Å². The molecule has 1 rings (SSSR count). The molecular weight excluding hydrogens is 250 g/mol. The minimum Gasteiger partial charge on any atom is -0.542 e. The monoisotopic (exact) mass is 270 g/mol. The lowest BCUT2D eigenvalue weighted by atomic mass is 9.80. The van der Waals surface area contributed by atoms with Crippen LogP contribution in [0.15, 0.2) is 18.2 Å². The van der Waals surface area contributed by atoms with Crippen LogP contribution >= 0.6 is 0 Å². The Balaban J connectivity index is 3.00. The maximum Gasteiger partial charge on any atom is 0.488 e. The summed E-state index contributed by atoms with van der Waals surface area (Å²) in [4.78, 5) is 0. The molecule has 0 aliphatic heterocycles. The van der Waals surface area contributed by atoms with Crippen LogP contribution in [0.2, 0.25) is 18.1 Å². The maximum absolute atomic E-state index is 13.8. The lowest BCUT2D eigenvalue weighted by Gasteiger charge is -2.36. The SMILES string of the molecule is CC(C)(C)[Si](C)(C)Oc1ccc(B(O)O)cc1F. The lowest BCUT2D eigenvalue weighted by molar-refractivity contribution is 0.424. The summed E-state index contributed by atoms with van der Waals surface area (Å²) in [5.41, 5.74) is 0.120. The molecule has 0 aromatic heterocycles. The van der Waals surface area contributed by atoms with Gasteiger partial charge in [0.15, 0.2) is 5.82 Å². The number of hydrogen-bond donors (Lipinski definition) is 2. The van der Waals surface area contributed by atoms with Gasteiger partial charge >= 0.3 is 7.12 Å². The van der Waals surface area contributed by atoms with Crippen molar-refractivity contribution >= 4 is 20.9 Å². The van der Waals surface area contributed by atoms with E-state index in [1.54, 1.807) is 0 Å². The van der Waals surface area contributed by atoms with E-state index in [-0.39, 0.29) is 16.3 Å². The Morgan fingerprint density at radius 3 is 2.17 bits per heavy atom. The van der Waals surface area contributed by atoms with Crippen LogP contribution < -0.4 is 9.89 Å². The second kappa shape index (κ2) is 5.03. The minimum atomic E-state index is -2.09. The third-order valence-corrected chi connectivity index (χ3v) is 7.77. The average Bonchev–Trinajstić information content (AvgIpc) is 2.18. The number of hydrogen-bond acceptors (Lipinski definition) is 3. The molecule has 2 N–H and O–H groups in total. The van der Waals surface area contributed by atoms with Gasteiger partial charge in [-0.15, -0.1) is 0 Å². The van der Waals surface area contributed by atoms with Crippen molar-refractivity contribution < 1.29 is 18.9 Å². The summed E-state index contributed by atoms with van der Waals surface area (Å²) < 4.78 is 19.6. The zero-order valence-corrected chi connectivity index (χ0v) is 12.5. The van der Waals surface area contributed by atoms with Crippen LogP contribution in [0.3, 0.4) is 0 Å². The third-order valence-electron chi connectivity index (χ3n) is 3.43. The Hall–Kier alpha value is -0.848. The highest BCUT2D eigenvalue weighted by molar-refractivity contribution is 6.74. The predicted octanol–water partition coefficient (Wildman–Crippen LogP) is 1.89. The normalized spacial score (nSPS) is 12.4. The van der Waals surface area contributed by atoms with E-state index in [1.807, 2.05) is 13.1 Å². The summed E-state index contributed by atoms with van der Waals surface area (Å²) in [7, 11) is -3.75. The van der Waals surface area contributed by atoms with E-state index in [0.717, 1.165) is 6.07 Å². The Kier molecular flexibility index (Phi) is 4.25. The summed E-state index contributed by atoms with van der Waals surface area (Å²) >= 11 is 0. The molecule has 0 aliphatic carbocycles. The highest BCUT2D eigenvalue weighted by atomic mass is 28.4. The second-order valence-electron chi connectivity index (χ2n) is 5.93. The molecule has 0 radical (unpaired) electrons. The van der Waals surface area contributed by atoms with Crippen LogP contribution in [0, 0.1) is 5.82 Å². The van der Waals surface area contributed by atoms with E-state index in [1.165, 1.54) is 12.1 Å². The molecule has 0 saturated heterocycles. The van der Waals surface area contributed by atoms with Gasteiger partial charge < -0.3 is 14.5 Å². The van der Waals surface area contributed by atoms with Gasteiger partial charge in [0.25, 0.3) is 8.32 Å². The molecule has 1 aromatic carbocycles. The Bertz CT molecular complexity index is 430. The first-order valence-corrected chi connectivity index (χ1v) is 8.80. The van der Waals surface area contributed by atoms with Crippen molar-refractivity contribution in [2.45, 2.75) is 38.9 Å². The first kappa shape index (κ1) is 15.2. The molecule has 3 nitrogen and oxygen atoms in total. The van der Waals surface area contributed by atoms with Gasteiger partial charge in [-0.05, 0) is 35.7 Å². The largest absolute Gasteiger partial charge is 0.542 e. The summed E-state index contributed by atoms with van der Waals surface area (Å²) in [6, 6.07) is 3.99. The molecule has 0 fully saturated rings. The van der Waals surface area contributed by atoms with Gasteiger partial charge in [-0.3, -0.25) is 0 Å². The second-order valence-corrected chi connectivity index (χ2v) is 10.7. The van der Waals surface area contributed by atoms with Crippen LogP contribution in [-0.2, 0) is 0 Å². The molecule has 0 bridgehead atoms. The van der Waals surface area contributed by atoms with Gasteiger partial charge in [0.1, 0.15) is 5.75 Å². The van der Waals surface area contributed by atoms with E-state index in [2.05, 4.69) is 20.8 Å². The first-order valence-electron chi connectivity index (χ1n) is 5.89. The van der Waals surface area contributed by atoms with E-state index in [0.29, 0.717) is 0 Å². The minimum absolute atomic E-state index is 0.0192. The van der Waals surface area contributed by atoms with E-state index < -0.39 is 21.3 Å². The standard InChI is InChI=1S/C12H20BFO3Si/c1-12(2,3)18(4,5)17-11-7-6-9(13(15)16)8-10(11)14/h6-8,15-16H,1-5H3. The highest BCUT2D eigenvalue weighted by Gasteiger charge is 2.39. The van der Waals surface area contributed by atoms with Crippen molar-refractivity contribution in [3.8, 4) is 5.75 Å². The first-order chi connectivity index (χ1) is 8.04. The van der Waals surface area contributed by atoms with Gasteiger partial charge in [-0.2, -0.15) is 0 Å². The van der Waals surface area contributed by atoms with E-state index >= 15 is 0 Å². The molecule has 0 amide bonds. The summed E-state index contributed by atoms with van der Waals surface area (Å²) in [6.07, 6.45) is 0. The zero-order chi connectivity index (χ0) is 14.1. The van der Waals surface area contributed by atoms with Crippen molar-refractivity contribution in [3.63, 3.8) is 0 Å². The van der Waals surface area contributed by atoms with Gasteiger partial charge in [0.2, 0.25) is 0 Å². The molecule has 0 saturated carbocycles. The van der Waals surface area contributed by atoms with E-state index in [4.69, 9.17) is 14.5 Å². The smallest absolute Gasteiger partial charge is 0.488 e. The topological polar surface area (TPSA) is 49.7 Å². The molecule has 100 valence electrons. The Morgan fingerprint density at radius 2 is 1.78 bits per heavy atom. The quantitative estimate of drug-likeness (QED) is 0.825. The van der Waals surface area contributed by atoms with Crippen LogP contribution in [0.5, 0.6) is 5.75 Å². The zero-order valence-electron chi connectivity index (χ0n) is 11.5. The predicted molar refractivity (Wildman–Crippen MR) is 74.1 cm³/mol. The number of rotatable bonds is 3. The fourth-order valence-electron chi connectivity index (χ4n) is 1.19. The summed E-state index contributed by atoms with van der Waals surface area (Å²) in [5.74, 6) is -0.392. The highest BCUT2D eigenvalue weighted by Crippen LogP contribution is 2.37. The van der Waals surface area contributed by atoms with Crippen molar-refractivity contribution in [1.29, 1.82) is 0 Å². The van der Waals surface area contributed by atoms with Gasteiger partial charge in [-0.25, -0.2) is 4.39 Å². The van der Waals surface area contributed by atoms with Crippen molar-refractivity contribution in [1.82, 2.24) is 0 Å². The molecule has 1 aromatic rings. The number of halogens is 1. The molecule has 0 atom stereocenters. The molecule has 0 aliphatic rings. The summed E-state index contributed by atoms with van der Waals surface area (Å²) in [5, 5.41) is 17.9. The van der Waals surface area contributed by atoms with Gasteiger partial charge in [0.05, 0.1) is 0 Å². The van der Waals surface area contributed by atoms with Gasteiger partial charge in [0, 0.05) is 0 Å². The van der Waals surface area contributed by atoms with Crippen LogP contribution in [0.1, 0.15) is 20.8 Å². The lowest BCUT2D eigenvalue weighted by Crippen LogP contribution is -2.44. The van der Waals surface area contributed by atoms with E-state index in [9.17, 15) is 4.39 Å². The molecule has 0 unspecified atom stereocenters. The fraction of sp³-hybridized carbons (Fsp3) is 0.500. The molecule has 0 heterocycles. The Labute approximate surface area is 109 Å². The van der Waals surface area contributed by atoms with Gasteiger partial charge in [-0.1, -0.05) is 26.8 Å². The average molecular weight is 270 g/mol. The fourth-order valence-corrected chi connectivity index (χ4v) is 2.21. The van der Waals surface area contributed by atoms with Crippen LogP contribution in [0.4, 0.5) is 4.39 Å².